The molecule has 0 heterocycles. The van der Waals surface area contributed by atoms with Crippen molar-refractivity contribution in [3.8, 4) is 0 Å². The summed E-state index contributed by atoms with van der Waals surface area (Å²) in [6, 6.07) is 3.51. The lowest BCUT2D eigenvalue weighted by molar-refractivity contribution is -0.123. The molecule has 0 saturated heterocycles. The van der Waals surface area contributed by atoms with E-state index in [0.717, 1.165) is 25.7 Å². The first-order chi connectivity index (χ1) is 12.3. The Labute approximate surface area is 169 Å². The third kappa shape index (κ3) is 6.30. The van der Waals surface area contributed by atoms with Gasteiger partial charge in [0.2, 0.25) is 15.9 Å². The lowest BCUT2D eigenvalue weighted by Crippen LogP contribution is -2.50. The number of sulfonamides is 1. The molecule has 5 nitrogen and oxygen atoms in total. The van der Waals surface area contributed by atoms with Crippen LogP contribution >= 0.6 is 35.0 Å². The Balaban J connectivity index is 2.14. The topological polar surface area (TPSA) is 75.3 Å². The lowest BCUT2D eigenvalue weighted by Gasteiger charge is -2.26. The zero-order chi connectivity index (χ0) is 19.2. The molecule has 1 saturated carbocycles. The predicted octanol–water partition coefficient (Wildman–Crippen LogP) is 3.84. The number of nitrogens with one attached hydrogen (secondary N) is 2. The number of thioether (sulfide) groups is 1. The van der Waals surface area contributed by atoms with E-state index in [4.69, 9.17) is 23.2 Å². The number of hydrogen-bond donors (Lipinski definition) is 2. The van der Waals surface area contributed by atoms with Crippen molar-refractivity contribution in [1.82, 2.24) is 10.0 Å². The van der Waals surface area contributed by atoms with Gasteiger partial charge in [-0.1, -0.05) is 42.5 Å². The fourth-order valence-electron chi connectivity index (χ4n) is 2.96. The molecule has 9 heteroatoms. The van der Waals surface area contributed by atoms with Crippen LogP contribution in [0, 0.1) is 0 Å². The average molecular weight is 439 g/mol. The Morgan fingerprint density at radius 2 is 1.96 bits per heavy atom. The van der Waals surface area contributed by atoms with Gasteiger partial charge in [0.1, 0.15) is 10.9 Å². The van der Waals surface area contributed by atoms with Gasteiger partial charge in [-0.2, -0.15) is 16.5 Å². The van der Waals surface area contributed by atoms with Gasteiger partial charge in [-0.05, 0) is 49.5 Å². The molecule has 1 amide bonds. The maximum Gasteiger partial charge on any atom is 0.242 e. The summed E-state index contributed by atoms with van der Waals surface area (Å²) in [5, 5.41) is 3.33. The molecule has 1 aromatic carbocycles. The number of halogens is 2. The smallest absolute Gasteiger partial charge is 0.242 e. The first kappa shape index (κ1) is 21.8. The van der Waals surface area contributed by atoms with Crippen LogP contribution in [-0.2, 0) is 14.8 Å². The van der Waals surface area contributed by atoms with E-state index in [-0.39, 0.29) is 26.9 Å². The van der Waals surface area contributed by atoms with E-state index in [0.29, 0.717) is 12.2 Å². The lowest BCUT2D eigenvalue weighted by atomic mass is 9.95. The van der Waals surface area contributed by atoms with E-state index in [2.05, 4.69) is 10.0 Å². The number of rotatable bonds is 8. The van der Waals surface area contributed by atoms with Gasteiger partial charge in [-0.15, -0.1) is 0 Å². The van der Waals surface area contributed by atoms with Crippen molar-refractivity contribution in [1.29, 1.82) is 0 Å². The minimum absolute atomic E-state index is 0.0678. The molecule has 0 bridgehead atoms. The minimum Gasteiger partial charge on any atom is -0.352 e. The molecule has 1 aliphatic carbocycles. The molecule has 0 aromatic heterocycles. The first-order valence-corrected chi connectivity index (χ1v) is 12.2. The van der Waals surface area contributed by atoms with Gasteiger partial charge in [0.05, 0.1) is 5.02 Å². The predicted molar refractivity (Wildman–Crippen MR) is 109 cm³/mol. The number of benzene rings is 1. The fraction of sp³-hybridized carbons (Fsp3) is 0.588. The summed E-state index contributed by atoms with van der Waals surface area (Å²) in [5.74, 6) is 0.377. The summed E-state index contributed by atoms with van der Waals surface area (Å²) < 4.78 is 28.0. The largest absolute Gasteiger partial charge is 0.352 e. The normalized spacial score (nSPS) is 17.0. The van der Waals surface area contributed by atoms with Gasteiger partial charge in [0.25, 0.3) is 0 Å². The Bertz CT molecular complexity index is 723. The van der Waals surface area contributed by atoms with Crippen LogP contribution in [-0.4, -0.2) is 38.4 Å². The number of carbonyl (C=O) groups is 1. The highest BCUT2D eigenvalue weighted by Gasteiger charge is 2.28. The number of amides is 1. The van der Waals surface area contributed by atoms with Crippen LogP contribution in [0.1, 0.15) is 38.5 Å². The van der Waals surface area contributed by atoms with Crippen LogP contribution in [0.25, 0.3) is 0 Å². The third-order valence-electron chi connectivity index (χ3n) is 4.36. The third-order valence-corrected chi connectivity index (χ3v) is 7.19. The Hall–Kier alpha value is -0.470. The van der Waals surface area contributed by atoms with Crippen LogP contribution in [0.5, 0.6) is 0 Å². The van der Waals surface area contributed by atoms with Crippen molar-refractivity contribution < 1.29 is 13.2 Å². The highest BCUT2D eigenvalue weighted by Crippen LogP contribution is 2.25. The van der Waals surface area contributed by atoms with Crippen molar-refractivity contribution in [2.24, 2.45) is 0 Å². The molecule has 26 heavy (non-hydrogen) atoms. The molecular formula is C17H24Cl2N2O3S2. The maximum atomic E-state index is 12.7. The Morgan fingerprint density at radius 3 is 2.62 bits per heavy atom. The molecule has 2 rings (SSSR count). The maximum absolute atomic E-state index is 12.7. The molecule has 0 radical (unpaired) electrons. The van der Waals surface area contributed by atoms with Crippen molar-refractivity contribution in [2.45, 2.75) is 55.5 Å². The molecular weight excluding hydrogens is 415 g/mol. The zero-order valence-corrected chi connectivity index (χ0v) is 17.8. The molecule has 146 valence electrons. The molecule has 1 aromatic rings. The van der Waals surface area contributed by atoms with Gasteiger partial charge >= 0.3 is 0 Å². The summed E-state index contributed by atoms with van der Waals surface area (Å²) in [7, 11) is -3.97. The second-order valence-corrected chi connectivity index (χ2v) is 9.89. The molecule has 1 fully saturated rings. The molecule has 2 N–H and O–H groups in total. The SMILES string of the molecule is CSCC[C@H](NS(=O)(=O)c1cc(Cl)ccc1Cl)C(=O)NC1CCCCC1. The average Bonchev–Trinajstić information content (AvgIpc) is 2.61. The minimum atomic E-state index is -3.97. The highest BCUT2D eigenvalue weighted by atomic mass is 35.5. The second kappa shape index (κ2) is 10.2. The van der Waals surface area contributed by atoms with E-state index >= 15 is 0 Å². The van der Waals surface area contributed by atoms with E-state index in [1.165, 1.54) is 24.6 Å². The van der Waals surface area contributed by atoms with Gasteiger partial charge in [-0.25, -0.2) is 8.42 Å². The van der Waals surface area contributed by atoms with E-state index < -0.39 is 16.1 Å². The van der Waals surface area contributed by atoms with Crippen LogP contribution in [0.3, 0.4) is 0 Å². The van der Waals surface area contributed by atoms with Crippen molar-refractivity contribution >= 4 is 50.9 Å². The Kier molecular flexibility index (Phi) is 8.54. The van der Waals surface area contributed by atoms with E-state index in [1.807, 2.05) is 6.26 Å². The molecule has 0 unspecified atom stereocenters. The summed E-state index contributed by atoms with van der Waals surface area (Å²) in [4.78, 5) is 12.6. The summed E-state index contributed by atoms with van der Waals surface area (Å²) in [6.45, 7) is 0. The summed E-state index contributed by atoms with van der Waals surface area (Å²) in [5.41, 5.74) is 0. The van der Waals surface area contributed by atoms with E-state index in [9.17, 15) is 13.2 Å². The van der Waals surface area contributed by atoms with Gasteiger partial charge < -0.3 is 5.32 Å². The summed E-state index contributed by atoms with van der Waals surface area (Å²) >= 11 is 13.5. The molecule has 0 aliphatic heterocycles. The second-order valence-electron chi connectivity index (χ2n) is 6.37. The van der Waals surface area contributed by atoms with Crippen LogP contribution in [0.4, 0.5) is 0 Å². The van der Waals surface area contributed by atoms with Crippen molar-refractivity contribution in [3.05, 3.63) is 28.2 Å². The van der Waals surface area contributed by atoms with Crippen molar-refractivity contribution in [3.63, 3.8) is 0 Å². The fourth-order valence-corrected chi connectivity index (χ4v) is 5.43. The Morgan fingerprint density at radius 1 is 1.27 bits per heavy atom. The van der Waals surface area contributed by atoms with Crippen molar-refractivity contribution in [2.75, 3.05) is 12.0 Å². The monoisotopic (exact) mass is 438 g/mol. The molecule has 1 aliphatic rings. The summed E-state index contributed by atoms with van der Waals surface area (Å²) in [6.07, 6.45) is 7.55. The highest BCUT2D eigenvalue weighted by molar-refractivity contribution is 7.98. The molecule has 0 spiro atoms. The van der Waals surface area contributed by atoms with Crippen LogP contribution < -0.4 is 10.0 Å². The van der Waals surface area contributed by atoms with Gasteiger partial charge in [0, 0.05) is 11.1 Å². The van der Waals surface area contributed by atoms with E-state index in [1.54, 1.807) is 11.8 Å². The first-order valence-electron chi connectivity index (χ1n) is 8.60. The van der Waals surface area contributed by atoms with Gasteiger partial charge in [-0.3, -0.25) is 4.79 Å². The number of hydrogen-bond acceptors (Lipinski definition) is 4. The van der Waals surface area contributed by atoms with Crippen LogP contribution in [0.2, 0.25) is 10.0 Å². The molecule has 1 atom stereocenters. The quantitative estimate of drug-likeness (QED) is 0.646. The standard InChI is InChI=1S/C17H24Cl2N2O3S2/c1-25-10-9-15(17(22)20-13-5-3-2-4-6-13)21-26(23,24)16-11-12(18)7-8-14(16)19/h7-8,11,13,15,21H,2-6,9-10H2,1H3,(H,20,22)/t15-/m0/s1. The van der Waals surface area contributed by atoms with Crippen LogP contribution in [0.15, 0.2) is 23.1 Å². The number of carbonyl (C=O) groups excluding carboxylic acids is 1. The zero-order valence-electron chi connectivity index (χ0n) is 14.6. The van der Waals surface area contributed by atoms with Gasteiger partial charge in [0.15, 0.2) is 0 Å².